The number of carbonyl (C=O) groups excluding carboxylic acids is 1. The van der Waals surface area contributed by atoms with E-state index >= 15 is 0 Å². The summed E-state index contributed by atoms with van der Waals surface area (Å²) in [7, 11) is 0. The number of rotatable bonds is 3. The third-order valence-corrected chi connectivity index (χ3v) is 1.83. The number of anilines is 1. The first-order valence-electron chi connectivity index (χ1n) is 4.80. The molecule has 0 aromatic carbocycles. The van der Waals surface area contributed by atoms with Crippen LogP contribution in [0.4, 0.5) is 5.95 Å². The highest BCUT2D eigenvalue weighted by atomic mass is 16.4. The molecule has 1 aromatic heterocycles. The number of amides is 1. The molecular formula is C10H13N3O3. The van der Waals surface area contributed by atoms with E-state index in [1.54, 1.807) is 20.8 Å². The van der Waals surface area contributed by atoms with Crippen molar-refractivity contribution in [3.63, 3.8) is 0 Å². The highest BCUT2D eigenvalue weighted by Crippen LogP contribution is 2.06. The van der Waals surface area contributed by atoms with Crippen LogP contribution in [0.1, 0.15) is 30.0 Å². The van der Waals surface area contributed by atoms with Crippen molar-refractivity contribution in [3.8, 4) is 0 Å². The molecule has 0 aliphatic carbocycles. The molecule has 6 nitrogen and oxygen atoms in total. The second-order valence-electron chi connectivity index (χ2n) is 3.67. The van der Waals surface area contributed by atoms with Gasteiger partial charge in [-0.3, -0.25) is 10.1 Å². The zero-order valence-electron chi connectivity index (χ0n) is 9.31. The number of carboxylic acids is 1. The van der Waals surface area contributed by atoms with Gasteiger partial charge in [-0.05, 0) is 13.0 Å². The molecule has 0 aliphatic heterocycles. The lowest BCUT2D eigenvalue weighted by molar-refractivity contribution is -0.118. The number of aromatic nitrogens is 2. The molecule has 0 saturated carbocycles. The minimum atomic E-state index is -1.15. The van der Waals surface area contributed by atoms with Gasteiger partial charge < -0.3 is 5.11 Å². The number of aryl methyl sites for hydroxylation is 1. The molecule has 0 aliphatic rings. The monoisotopic (exact) mass is 223 g/mol. The molecule has 0 spiro atoms. The van der Waals surface area contributed by atoms with Crippen LogP contribution in [0.5, 0.6) is 0 Å². The Morgan fingerprint density at radius 2 is 2.00 bits per heavy atom. The van der Waals surface area contributed by atoms with Crippen LogP contribution < -0.4 is 5.32 Å². The summed E-state index contributed by atoms with van der Waals surface area (Å²) in [6.07, 6.45) is 0. The molecule has 0 saturated heterocycles. The number of aromatic carboxylic acids is 1. The summed E-state index contributed by atoms with van der Waals surface area (Å²) in [5, 5.41) is 11.2. The maximum atomic E-state index is 11.4. The summed E-state index contributed by atoms with van der Waals surface area (Å²) in [4.78, 5) is 29.7. The van der Waals surface area contributed by atoms with Crippen LogP contribution in [0.15, 0.2) is 6.07 Å². The Labute approximate surface area is 92.7 Å². The fourth-order valence-electron chi connectivity index (χ4n) is 0.989. The van der Waals surface area contributed by atoms with E-state index in [-0.39, 0.29) is 23.5 Å². The van der Waals surface area contributed by atoms with Crippen molar-refractivity contribution in [2.24, 2.45) is 5.92 Å². The quantitative estimate of drug-likeness (QED) is 0.799. The fraction of sp³-hybridized carbons (Fsp3) is 0.400. The molecule has 0 fully saturated rings. The van der Waals surface area contributed by atoms with Crippen LogP contribution >= 0.6 is 0 Å². The number of hydrogen-bond acceptors (Lipinski definition) is 4. The molecule has 0 bridgehead atoms. The Hall–Kier alpha value is -1.98. The maximum absolute atomic E-state index is 11.4. The Morgan fingerprint density at radius 3 is 2.50 bits per heavy atom. The third kappa shape index (κ3) is 3.01. The lowest BCUT2D eigenvalue weighted by atomic mass is 10.2. The fourth-order valence-corrected chi connectivity index (χ4v) is 0.989. The van der Waals surface area contributed by atoms with Crippen LogP contribution in [-0.2, 0) is 4.79 Å². The van der Waals surface area contributed by atoms with E-state index in [0.717, 1.165) is 0 Å². The molecule has 0 unspecified atom stereocenters. The second kappa shape index (κ2) is 4.69. The van der Waals surface area contributed by atoms with E-state index in [9.17, 15) is 9.59 Å². The number of hydrogen-bond donors (Lipinski definition) is 2. The Balaban J connectivity index is 2.97. The molecular weight excluding hydrogens is 210 g/mol. The van der Waals surface area contributed by atoms with Gasteiger partial charge in [-0.2, -0.15) is 0 Å². The minimum Gasteiger partial charge on any atom is -0.477 e. The molecule has 6 heteroatoms. The predicted octanol–water partition coefficient (Wildman–Crippen LogP) is 1.08. The van der Waals surface area contributed by atoms with E-state index in [2.05, 4.69) is 15.3 Å². The first-order chi connectivity index (χ1) is 7.40. The Bertz CT molecular complexity index is 429. The molecule has 1 aromatic rings. The van der Waals surface area contributed by atoms with E-state index < -0.39 is 5.97 Å². The summed E-state index contributed by atoms with van der Waals surface area (Å²) < 4.78 is 0. The molecule has 16 heavy (non-hydrogen) atoms. The molecule has 0 radical (unpaired) electrons. The first kappa shape index (κ1) is 12.1. The standard InChI is InChI=1S/C10H13N3O3/c1-5(2)8(14)13-10-11-6(3)4-7(12-10)9(15)16/h4-5H,1-3H3,(H,15,16)(H,11,12,13,14). The molecule has 1 rings (SSSR count). The van der Waals surface area contributed by atoms with Crippen LogP contribution in [0.25, 0.3) is 0 Å². The summed E-state index contributed by atoms with van der Waals surface area (Å²) in [5.74, 6) is -1.58. The van der Waals surface area contributed by atoms with E-state index in [0.29, 0.717) is 5.69 Å². The number of nitrogens with one attached hydrogen (secondary N) is 1. The second-order valence-corrected chi connectivity index (χ2v) is 3.67. The topological polar surface area (TPSA) is 92.2 Å². The van der Waals surface area contributed by atoms with Gasteiger partial charge in [0.25, 0.3) is 0 Å². The number of carbonyl (C=O) groups is 2. The van der Waals surface area contributed by atoms with Crippen molar-refractivity contribution in [2.45, 2.75) is 20.8 Å². The lowest BCUT2D eigenvalue weighted by Crippen LogP contribution is -2.20. The van der Waals surface area contributed by atoms with Gasteiger partial charge in [-0.25, -0.2) is 14.8 Å². The number of nitrogens with zero attached hydrogens (tertiary/aromatic N) is 2. The van der Waals surface area contributed by atoms with Crippen LogP contribution in [0.2, 0.25) is 0 Å². The van der Waals surface area contributed by atoms with E-state index in [1.807, 2.05) is 0 Å². The van der Waals surface area contributed by atoms with Gasteiger partial charge >= 0.3 is 5.97 Å². The lowest BCUT2D eigenvalue weighted by Gasteiger charge is -2.07. The zero-order valence-corrected chi connectivity index (χ0v) is 9.31. The summed E-state index contributed by atoms with van der Waals surface area (Å²) >= 11 is 0. The third-order valence-electron chi connectivity index (χ3n) is 1.83. The highest BCUT2D eigenvalue weighted by Gasteiger charge is 2.12. The predicted molar refractivity (Wildman–Crippen MR) is 57.2 cm³/mol. The van der Waals surface area contributed by atoms with Gasteiger partial charge in [-0.1, -0.05) is 13.8 Å². The Kier molecular flexibility index (Phi) is 3.55. The Morgan fingerprint density at radius 1 is 1.38 bits per heavy atom. The SMILES string of the molecule is Cc1cc(C(=O)O)nc(NC(=O)C(C)C)n1. The molecule has 1 amide bonds. The highest BCUT2D eigenvalue weighted by molar-refractivity contribution is 5.91. The van der Waals surface area contributed by atoms with Crippen molar-refractivity contribution in [1.82, 2.24) is 9.97 Å². The maximum Gasteiger partial charge on any atom is 0.354 e. The van der Waals surface area contributed by atoms with E-state index in [1.165, 1.54) is 6.07 Å². The van der Waals surface area contributed by atoms with Crippen molar-refractivity contribution in [3.05, 3.63) is 17.5 Å². The van der Waals surface area contributed by atoms with Crippen molar-refractivity contribution < 1.29 is 14.7 Å². The van der Waals surface area contributed by atoms with Gasteiger partial charge in [0.2, 0.25) is 11.9 Å². The van der Waals surface area contributed by atoms with Crippen LogP contribution in [-0.4, -0.2) is 27.0 Å². The van der Waals surface area contributed by atoms with E-state index in [4.69, 9.17) is 5.11 Å². The van der Waals surface area contributed by atoms with Crippen LogP contribution in [0, 0.1) is 12.8 Å². The summed E-state index contributed by atoms with van der Waals surface area (Å²) in [6, 6.07) is 1.34. The normalized spacial score (nSPS) is 10.2. The largest absolute Gasteiger partial charge is 0.477 e. The van der Waals surface area contributed by atoms with Crippen molar-refractivity contribution >= 4 is 17.8 Å². The summed E-state index contributed by atoms with van der Waals surface area (Å²) in [6.45, 7) is 5.09. The van der Waals surface area contributed by atoms with Gasteiger partial charge in [0.05, 0.1) is 0 Å². The molecule has 1 heterocycles. The first-order valence-corrected chi connectivity index (χ1v) is 4.80. The smallest absolute Gasteiger partial charge is 0.354 e. The van der Waals surface area contributed by atoms with Gasteiger partial charge in [0.1, 0.15) is 0 Å². The average molecular weight is 223 g/mol. The summed E-state index contributed by atoms with van der Waals surface area (Å²) in [5.41, 5.74) is 0.359. The molecule has 0 atom stereocenters. The van der Waals surface area contributed by atoms with Gasteiger partial charge in [0.15, 0.2) is 5.69 Å². The average Bonchev–Trinajstić information content (AvgIpc) is 2.16. The van der Waals surface area contributed by atoms with Crippen LogP contribution in [0.3, 0.4) is 0 Å². The molecule has 86 valence electrons. The zero-order chi connectivity index (χ0) is 12.3. The molecule has 2 N–H and O–H groups in total. The van der Waals surface area contributed by atoms with Crippen molar-refractivity contribution in [2.75, 3.05) is 5.32 Å². The number of carboxylic acid groups (broad SMARTS) is 1. The van der Waals surface area contributed by atoms with Gasteiger partial charge in [0, 0.05) is 11.6 Å². The van der Waals surface area contributed by atoms with Gasteiger partial charge in [-0.15, -0.1) is 0 Å². The van der Waals surface area contributed by atoms with Crippen molar-refractivity contribution in [1.29, 1.82) is 0 Å². The minimum absolute atomic E-state index is 0.0242.